The predicted octanol–water partition coefficient (Wildman–Crippen LogP) is 6.10. The molecule has 173 valence electrons. The molecule has 3 aromatic rings. The molecule has 5 rings (SSSR count). The van der Waals surface area contributed by atoms with Gasteiger partial charge in [0.05, 0.1) is 12.2 Å². The fraction of sp³-hybridized carbons (Fsp3) is 0.464. The van der Waals surface area contributed by atoms with Crippen molar-refractivity contribution in [2.45, 2.75) is 70.5 Å². The minimum atomic E-state index is -0.240. The number of hydrogen-bond acceptors (Lipinski definition) is 3. The summed E-state index contributed by atoms with van der Waals surface area (Å²) in [4.78, 5) is 4.49. The standard InChI is InChI=1S/C16H12N.C12H22O2.Ir/c1-12-6-5-9-15-14(12)10-11-17-16(15)13-7-3-2-4-8-13;13-10-7-3-1-5-9-6-2-4-8-11(14)12(9)10;/h2-7,9-11H,1H3;9-14H,1-8H2;/q-1;;. The van der Waals surface area contributed by atoms with Crippen LogP contribution < -0.4 is 0 Å². The van der Waals surface area contributed by atoms with E-state index in [-0.39, 0.29) is 38.2 Å². The number of nitrogens with zero attached hydrogens (tertiary/aromatic N) is 1. The number of aromatic nitrogens is 1. The molecule has 1 radical (unpaired) electrons. The van der Waals surface area contributed by atoms with Gasteiger partial charge in [0.1, 0.15) is 0 Å². The summed E-state index contributed by atoms with van der Waals surface area (Å²) in [5, 5.41) is 22.5. The molecule has 0 saturated heterocycles. The fourth-order valence-electron chi connectivity index (χ4n) is 5.44. The Morgan fingerprint density at radius 1 is 0.812 bits per heavy atom. The van der Waals surface area contributed by atoms with Crippen LogP contribution in [0.4, 0.5) is 0 Å². The molecule has 4 heteroatoms. The van der Waals surface area contributed by atoms with Crippen molar-refractivity contribution in [1.29, 1.82) is 0 Å². The molecule has 2 aliphatic rings. The molecule has 1 heterocycles. The monoisotopic (exact) mass is 609 g/mol. The van der Waals surface area contributed by atoms with E-state index in [1.807, 2.05) is 30.5 Å². The van der Waals surface area contributed by atoms with Crippen LogP contribution in [0.3, 0.4) is 0 Å². The number of rotatable bonds is 1. The molecule has 0 amide bonds. The van der Waals surface area contributed by atoms with Gasteiger partial charge in [-0.2, -0.15) is 0 Å². The third-order valence-corrected chi connectivity index (χ3v) is 7.07. The Morgan fingerprint density at radius 3 is 2.16 bits per heavy atom. The summed E-state index contributed by atoms with van der Waals surface area (Å²) in [6.45, 7) is 2.13. The molecule has 1 aromatic heterocycles. The topological polar surface area (TPSA) is 53.4 Å². The van der Waals surface area contributed by atoms with Gasteiger partial charge < -0.3 is 15.2 Å². The second-order valence-corrected chi connectivity index (χ2v) is 9.15. The third-order valence-electron chi connectivity index (χ3n) is 7.07. The van der Waals surface area contributed by atoms with Gasteiger partial charge in [0, 0.05) is 32.2 Å². The minimum absolute atomic E-state index is 0. The van der Waals surface area contributed by atoms with E-state index in [9.17, 15) is 10.2 Å². The predicted molar refractivity (Wildman–Crippen MR) is 127 cm³/mol. The number of aliphatic hydroxyl groups is 2. The quantitative estimate of drug-likeness (QED) is 0.329. The fourth-order valence-corrected chi connectivity index (χ4v) is 5.44. The number of fused-ring (bicyclic) bond motifs is 2. The molecule has 2 saturated carbocycles. The summed E-state index contributed by atoms with van der Waals surface area (Å²) in [6, 6.07) is 19.6. The first-order valence-corrected chi connectivity index (χ1v) is 11.8. The van der Waals surface area contributed by atoms with E-state index in [0.29, 0.717) is 5.92 Å². The molecular formula is C28H34IrNO2-. The zero-order valence-electron chi connectivity index (χ0n) is 18.8. The summed E-state index contributed by atoms with van der Waals surface area (Å²) in [5.74, 6) is 0.769. The van der Waals surface area contributed by atoms with Gasteiger partial charge >= 0.3 is 0 Å². The number of pyridine rings is 1. The van der Waals surface area contributed by atoms with Crippen LogP contribution in [0.15, 0.2) is 54.7 Å². The maximum absolute atomic E-state index is 10.0. The van der Waals surface area contributed by atoms with E-state index in [1.54, 1.807) is 0 Å². The Hall–Kier alpha value is -1.58. The van der Waals surface area contributed by atoms with Gasteiger partial charge in [0.15, 0.2) is 0 Å². The van der Waals surface area contributed by atoms with Gasteiger partial charge in [-0.3, -0.25) is 0 Å². The van der Waals surface area contributed by atoms with Gasteiger partial charge in [0.25, 0.3) is 0 Å². The number of aliphatic hydroxyl groups excluding tert-OH is 2. The maximum Gasteiger partial charge on any atom is 0.0595 e. The van der Waals surface area contributed by atoms with E-state index in [0.717, 1.165) is 36.9 Å². The van der Waals surface area contributed by atoms with E-state index in [2.05, 4.69) is 42.2 Å². The van der Waals surface area contributed by atoms with Gasteiger partial charge in [-0.05, 0) is 66.6 Å². The van der Waals surface area contributed by atoms with Crippen LogP contribution in [0.5, 0.6) is 0 Å². The largest absolute Gasteiger partial charge is 0.393 e. The van der Waals surface area contributed by atoms with Crippen LogP contribution in [0.1, 0.15) is 56.9 Å². The van der Waals surface area contributed by atoms with Crippen molar-refractivity contribution in [3.63, 3.8) is 0 Å². The van der Waals surface area contributed by atoms with Crippen LogP contribution in [0, 0.1) is 24.8 Å². The smallest absolute Gasteiger partial charge is 0.0595 e. The zero-order valence-corrected chi connectivity index (χ0v) is 21.2. The zero-order chi connectivity index (χ0) is 21.6. The number of aryl methyl sites for hydroxylation is 1. The molecule has 0 aliphatic heterocycles. The normalized spacial score (nSPS) is 25.3. The Morgan fingerprint density at radius 2 is 1.50 bits per heavy atom. The van der Waals surface area contributed by atoms with Crippen LogP contribution in [-0.4, -0.2) is 27.4 Å². The van der Waals surface area contributed by atoms with Crippen molar-refractivity contribution < 1.29 is 30.3 Å². The van der Waals surface area contributed by atoms with Crippen LogP contribution in [-0.2, 0) is 20.1 Å². The second kappa shape index (κ2) is 12.0. The first-order chi connectivity index (χ1) is 15.1. The first-order valence-electron chi connectivity index (χ1n) is 11.8. The van der Waals surface area contributed by atoms with Crippen LogP contribution in [0.25, 0.3) is 22.0 Å². The Kier molecular flexibility index (Phi) is 9.43. The van der Waals surface area contributed by atoms with Gasteiger partial charge in [0.2, 0.25) is 0 Å². The summed E-state index contributed by atoms with van der Waals surface area (Å²) in [7, 11) is 0. The van der Waals surface area contributed by atoms with Gasteiger partial charge in [-0.15, -0.1) is 35.9 Å². The summed E-state index contributed by atoms with van der Waals surface area (Å²) >= 11 is 0. The van der Waals surface area contributed by atoms with Crippen molar-refractivity contribution in [2.75, 3.05) is 0 Å². The van der Waals surface area contributed by atoms with E-state index >= 15 is 0 Å². The van der Waals surface area contributed by atoms with E-state index < -0.39 is 0 Å². The molecular weight excluding hydrogens is 575 g/mol. The summed E-state index contributed by atoms with van der Waals surface area (Å²) in [5.41, 5.74) is 3.33. The molecule has 2 atom stereocenters. The van der Waals surface area contributed by atoms with Gasteiger partial charge in [-0.1, -0.05) is 43.9 Å². The van der Waals surface area contributed by atoms with Crippen molar-refractivity contribution in [3.8, 4) is 11.3 Å². The average Bonchev–Trinajstić information content (AvgIpc) is 3.10. The summed E-state index contributed by atoms with van der Waals surface area (Å²) < 4.78 is 0. The number of hydrogen-bond donors (Lipinski definition) is 2. The Bertz CT molecular complexity index is 960. The molecule has 0 bridgehead atoms. The van der Waals surface area contributed by atoms with Crippen molar-refractivity contribution in [3.05, 3.63) is 66.4 Å². The first kappa shape index (κ1) is 25.0. The molecule has 2 aromatic carbocycles. The maximum atomic E-state index is 10.0. The molecule has 0 spiro atoms. The molecule has 2 fully saturated rings. The average molecular weight is 609 g/mol. The molecule has 2 aliphatic carbocycles. The van der Waals surface area contributed by atoms with E-state index in [1.165, 1.54) is 42.0 Å². The SMILES string of the molecule is Cc1cccc2c(-c3[c-]cccc3)nccc12.OC1CCCCC2CCCCC(O)C12.[Ir]. The van der Waals surface area contributed by atoms with Crippen LogP contribution in [0.2, 0.25) is 0 Å². The Labute approximate surface area is 205 Å². The Balaban J connectivity index is 0.000000178. The molecule has 32 heavy (non-hydrogen) atoms. The van der Waals surface area contributed by atoms with Crippen molar-refractivity contribution in [2.24, 2.45) is 11.8 Å². The third kappa shape index (κ3) is 5.85. The van der Waals surface area contributed by atoms with Crippen molar-refractivity contribution >= 4 is 10.8 Å². The number of benzene rings is 2. The molecule has 3 nitrogen and oxygen atoms in total. The summed E-state index contributed by atoms with van der Waals surface area (Å²) in [6.07, 6.45) is 10.4. The van der Waals surface area contributed by atoms with Crippen LogP contribution >= 0.6 is 0 Å². The van der Waals surface area contributed by atoms with Gasteiger partial charge in [-0.25, -0.2) is 0 Å². The minimum Gasteiger partial charge on any atom is -0.393 e. The second-order valence-electron chi connectivity index (χ2n) is 9.15. The molecule has 2 unspecified atom stereocenters. The van der Waals surface area contributed by atoms with Crippen molar-refractivity contribution in [1.82, 2.24) is 4.98 Å². The van der Waals surface area contributed by atoms with E-state index in [4.69, 9.17) is 0 Å². The molecule has 2 N–H and O–H groups in total.